The number of aliphatic carboxylic acids is 1. The average Bonchev–Trinajstić information content (AvgIpc) is 3.39. The van der Waals surface area contributed by atoms with E-state index in [2.05, 4.69) is 31.9 Å². The third-order valence-corrected chi connectivity index (χ3v) is 8.27. The number of anilines is 1. The lowest BCUT2D eigenvalue weighted by Crippen LogP contribution is -2.68. The first-order valence-corrected chi connectivity index (χ1v) is 16.5. The number of carboxylic acids is 1. The molecule has 0 aromatic heterocycles. The second-order valence-electron chi connectivity index (χ2n) is 12.7. The molecule has 2 fully saturated rings. The third-order valence-electron chi connectivity index (χ3n) is 8.27. The van der Waals surface area contributed by atoms with Crippen LogP contribution in [0.2, 0.25) is 0 Å². The van der Waals surface area contributed by atoms with Crippen molar-refractivity contribution >= 4 is 53.0 Å². The normalized spacial score (nSPS) is 22.1. The number of piperidine rings is 1. The van der Waals surface area contributed by atoms with Gasteiger partial charge in [0, 0.05) is 25.1 Å². The van der Waals surface area contributed by atoms with Crippen molar-refractivity contribution in [3.63, 3.8) is 0 Å². The third kappa shape index (κ3) is 11.4. The fourth-order valence-electron chi connectivity index (χ4n) is 5.32. The number of rotatable bonds is 18. The highest BCUT2D eigenvalue weighted by Gasteiger charge is 2.55. The first-order chi connectivity index (χ1) is 24.5. The molecule has 2 aliphatic rings. The molecule has 20 nitrogen and oxygen atoms in total. The van der Waals surface area contributed by atoms with Gasteiger partial charge in [0.25, 0.3) is 0 Å². The minimum absolute atomic E-state index is 0.000291. The summed E-state index contributed by atoms with van der Waals surface area (Å²) in [4.78, 5) is 97.3. The van der Waals surface area contributed by atoms with Crippen LogP contribution in [0.4, 0.5) is 5.69 Å². The summed E-state index contributed by atoms with van der Waals surface area (Å²) in [6, 6.07) is 3.31. The SMILES string of the molecule is CC(C)[C@H](NC(=O)CCNC(=O)CNC(=O)CCC(=O)O)C(=O)N[C@@H](C)C(=O)Nc1ccc(COC[C@@H]2[C@@H](O)[C@H](O)[C@H](O)[C@H]3NC(=O)C(=O)N23)cc1. The van der Waals surface area contributed by atoms with Crippen molar-refractivity contribution in [2.45, 2.75) is 89.2 Å². The standard InChI is InChI=1S/C32H45N7O13/c1-15(2)24(37-21(41)10-11-33-22(42)12-34-20(40)8-9-23(43)44)30(49)35-16(3)29(48)36-18-6-4-17(5-7-18)13-52-14-19-25(45)26(46)27(47)28-38-31(50)32(51)39(19)28/h4-7,15-16,19,24-28,45-47H,8-14H2,1-3H3,(H,33,42)(H,34,40)(H,35,49)(H,36,48)(H,37,41)(H,38,50)(H,43,44)/t16-,19+,24-,25+,26-,27-,28-/m0/s1. The summed E-state index contributed by atoms with van der Waals surface area (Å²) >= 11 is 0. The van der Waals surface area contributed by atoms with E-state index in [4.69, 9.17) is 9.84 Å². The number of hydrogen-bond donors (Lipinski definition) is 10. The van der Waals surface area contributed by atoms with E-state index in [1.165, 1.54) is 6.92 Å². The molecule has 3 rings (SSSR count). The van der Waals surface area contributed by atoms with Crippen LogP contribution in [-0.4, -0.2) is 135 Å². The Labute approximate surface area is 298 Å². The number of carbonyl (C=O) groups excluding carboxylic acids is 7. The minimum Gasteiger partial charge on any atom is -0.481 e. The highest BCUT2D eigenvalue weighted by atomic mass is 16.5. The number of hydrogen-bond acceptors (Lipinski definition) is 12. The van der Waals surface area contributed by atoms with Crippen molar-refractivity contribution in [3.8, 4) is 0 Å². The van der Waals surface area contributed by atoms with Gasteiger partial charge < -0.3 is 62.0 Å². The summed E-state index contributed by atoms with van der Waals surface area (Å²) < 4.78 is 5.64. The molecule has 7 amide bonds. The number of nitrogens with zero attached hydrogens (tertiary/aromatic N) is 1. The Morgan fingerprint density at radius 1 is 0.827 bits per heavy atom. The molecular formula is C32H45N7O13. The van der Waals surface area contributed by atoms with E-state index in [9.17, 15) is 53.7 Å². The number of benzene rings is 1. The Morgan fingerprint density at radius 3 is 2.13 bits per heavy atom. The fraction of sp³-hybridized carbons (Fsp3) is 0.562. The molecular weight excluding hydrogens is 690 g/mol. The van der Waals surface area contributed by atoms with Gasteiger partial charge in [0.2, 0.25) is 29.5 Å². The van der Waals surface area contributed by atoms with Crippen molar-refractivity contribution in [2.24, 2.45) is 5.92 Å². The van der Waals surface area contributed by atoms with Gasteiger partial charge in [0.1, 0.15) is 36.6 Å². The van der Waals surface area contributed by atoms with Gasteiger partial charge in [-0.2, -0.15) is 0 Å². The molecule has 52 heavy (non-hydrogen) atoms. The monoisotopic (exact) mass is 735 g/mol. The van der Waals surface area contributed by atoms with Gasteiger partial charge in [0.15, 0.2) is 0 Å². The lowest BCUT2D eigenvalue weighted by atomic mass is 9.92. The molecule has 286 valence electrons. The number of carboxylic acid groups (broad SMARTS) is 1. The quantitative estimate of drug-likeness (QED) is 0.0645. The van der Waals surface area contributed by atoms with Crippen molar-refractivity contribution in [1.29, 1.82) is 0 Å². The summed E-state index contributed by atoms with van der Waals surface area (Å²) in [5.41, 5.74) is 1.03. The van der Waals surface area contributed by atoms with Crippen LogP contribution < -0.4 is 31.9 Å². The molecule has 2 heterocycles. The van der Waals surface area contributed by atoms with Crippen LogP contribution >= 0.6 is 0 Å². The highest BCUT2D eigenvalue weighted by molar-refractivity contribution is 6.37. The maximum atomic E-state index is 13.0. The molecule has 1 aromatic rings. The number of ether oxygens (including phenoxy) is 1. The minimum atomic E-state index is -1.62. The lowest BCUT2D eigenvalue weighted by molar-refractivity contribution is -0.178. The number of amides is 7. The van der Waals surface area contributed by atoms with Crippen LogP contribution in [0, 0.1) is 5.92 Å². The predicted molar refractivity (Wildman–Crippen MR) is 177 cm³/mol. The Morgan fingerprint density at radius 2 is 1.50 bits per heavy atom. The van der Waals surface area contributed by atoms with Gasteiger partial charge in [-0.3, -0.25) is 38.4 Å². The number of carbonyl (C=O) groups is 8. The Kier molecular flexibility index (Phi) is 15.0. The van der Waals surface area contributed by atoms with Crippen molar-refractivity contribution in [3.05, 3.63) is 29.8 Å². The first kappa shape index (κ1) is 41.2. The van der Waals surface area contributed by atoms with Gasteiger partial charge in [0.05, 0.1) is 32.2 Å². The first-order valence-electron chi connectivity index (χ1n) is 16.5. The van der Waals surface area contributed by atoms with E-state index in [-0.39, 0.29) is 44.9 Å². The molecule has 1 aromatic carbocycles. The van der Waals surface area contributed by atoms with Gasteiger partial charge >= 0.3 is 17.8 Å². The van der Waals surface area contributed by atoms with Crippen LogP contribution in [0.15, 0.2) is 24.3 Å². The van der Waals surface area contributed by atoms with Crippen LogP contribution in [0.5, 0.6) is 0 Å². The molecule has 0 unspecified atom stereocenters. The van der Waals surface area contributed by atoms with Crippen LogP contribution in [0.1, 0.15) is 45.6 Å². The summed E-state index contributed by atoms with van der Waals surface area (Å²) in [6.07, 6.45) is -6.79. The zero-order valence-electron chi connectivity index (χ0n) is 28.8. The number of nitrogens with one attached hydrogen (secondary N) is 6. The molecule has 2 saturated heterocycles. The second-order valence-corrected chi connectivity index (χ2v) is 12.7. The molecule has 10 N–H and O–H groups in total. The lowest BCUT2D eigenvalue weighted by Gasteiger charge is -2.44. The number of aliphatic hydroxyl groups is 3. The van der Waals surface area contributed by atoms with E-state index >= 15 is 0 Å². The molecule has 0 spiro atoms. The van der Waals surface area contributed by atoms with E-state index in [0.717, 1.165) is 4.90 Å². The van der Waals surface area contributed by atoms with E-state index in [0.29, 0.717) is 11.3 Å². The summed E-state index contributed by atoms with van der Waals surface area (Å²) in [7, 11) is 0. The van der Waals surface area contributed by atoms with E-state index in [1.54, 1.807) is 38.1 Å². The second kappa shape index (κ2) is 18.9. The Bertz CT molecular complexity index is 1510. The molecule has 0 radical (unpaired) electrons. The fourth-order valence-corrected chi connectivity index (χ4v) is 5.32. The molecule has 0 bridgehead atoms. The Hall–Kier alpha value is -5.18. The Balaban J connectivity index is 1.41. The van der Waals surface area contributed by atoms with E-state index in [1.807, 2.05) is 0 Å². The van der Waals surface area contributed by atoms with Gasteiger partial charge in [-0.05, 0) is 30.5 Å². The highest BCUT2D eigenvalue weighted by Crippen LogP contribution is 2.27. The van der Waals surface area contributed by atoms with Crippen LogP contribution in [0.3, 0.4) is 0 Å². The molecule has 0 saturated carbocycles. The van der Waals surface area contributed by atoms with Crippen molar-refractivity contribution in [2.75, 3.05) is 25.0 Å². The van der Waals surface area contributed by atoms with Crippen LogP contribution in [-0.2, 0) is 49.7 Å². The van der Waals surface area contributed by atoms with Crippen LogP contribution in [0.25, 0.3) is 0 Å². The maximum absolute atomic E-state index is 13.0. The van der Waals surface area contributed by atoms with Crippen molar-refractivity contribution < 1.29 is 63.5 Å². The molecule has 20 heteroatoms. The van der Waals surface area contributed by atoms with E-state index < -0.39 is 96.5 Å². The molecule has 0 aliphatic carbocycles. The average molecular weight is 736 g/mol. The smallest absolute Gasteiger partial charge is 0.314 e. The summed E-state index contributed by atoms with van der Waals surface area (Å²) in [5, 5.41) is 54.1. The summed E-state index contributed by atoms with van der Waals surface area (Å²) in [6.45, 7) is 4.10. The molecule has 2 aliphatic heterocycles. The number of fused-ring (bicyclic) bond motifs is 1. The largest absolute Gasteiger partial charge is 0.481 e. The topological polar surface area (TPSA) is 302 Å². The molecule has 7 atom stereocenters. The number of aliphatic hydroxyl groups excluding tert-OH is 3. The zero-order chi connectivity index (χ0) is 38.7. The van der Waals surface area contributed by atoms with Gasteiger partial charge in [-0.1, -0.05) is 26.0 Å². The maximum Gasteiger partial charge on any atom is 0.314 e. The predicted octanol–water partition coefficient (Wildman–Crippen LogP) is -3.98. The van der Waals surface area contributed by atoms with Crippen molar-refractivity contribution in [1.82, 2.24) is 31.5 Å². The van der Waals surface area contributed by atoms with Gasteiger partial charge in [-0.25, -0.2) is 0 Å². The van der Waals surface area contributed by atoms with Gasteiger partial charge in [-0.15, -0.1) is 0 Å². The zero-order valence-corrected chi connectivity index (χ0v) is 28.8. The summed E-state index contributed by atoms with van der Waals surface area (Å²) in [5.74, 6) is -6.35.